The normalized spacial score (nSPS) is 16.6. The van der Waals surface area contributed by atoms with E-state index >= 15 is 0 Å². The summed E-state index contributed by atoms with van der Waals surface area (Å²) in [4.78, 5) is 13.6. The highest BCUT2D eigenvalue weighted by molar-refractivity contribution is 7.93. The zero-order valence-electron chi connectivity index (χ0n) is 18.7. The van der Waals surface area contributed by atoms with Crippen molar-refractivity contribution in [2.45, 2.75) is 29.7 Å². The molecule has 0 aromatic heterocycles. The second-order valence-electron chi connectivity index (χ2n) is 8.09. The van der Waals surface area contributed by atoms with E-state index in [0.717, 1.165) is 19.7 Å². The molecule has 0 N–H and O–H groups in total. The molecule has 0 saturated carbocycles. The van der Waals surface area contributed by atoms with Crippen molar-refractivity contribution in [3.63, 3.8) is 0 Å². The Labute approximate surface area is 200 Å². The van der Waals surface area contributed by atoms with Crippen LogP contribution in [-0.2, 0) is 20.0 Å². The van der Waals surface area contributed by atoms with Gasteiger partial charge in [-0.25, -0.2) is 21.1 Å². The molecule has 9 heteroatoms. The minimum absolute atomic E-state index is 0.0294. The van der Waals surface area contributed by atoms with Crippen LogP contribution in [0.3, 0.4) is 0 Å². The van der Waals surface area contributed by atoms with Crippen LogP contribution >= 0.6 is 0 Å². The fraction of sp³-hybridized carbons (Fsp3) is 0.160. The summed E-state index contributed by atoms with van der Waals surface area (Å²) in [6, 6.07) is 17.4. The highest BCUT2D eigenvalue weighted by atomic mass is 32.2. The zero-order chi connectivity index (χ0) is 24.7. The predicted molar refractivity (Wildman–Crippen MR) is 131 cm³/mol. The van der Waals surface area contributed by atoms with E-state index in [-0.39, 0.29) is 27.6 Å². The molecule has 3 aromatic carbocycles. The van der Waals surface area contributed by atoms with Crippen LogP contribution in [0, 0.1) is 13.8 Å². The van der Waals surface area contributed by atoms with Gasteiger partial charge < -0.3 is 0 Å². The molecule has 1 heterocycles. The quantitative estimate of drug-likeness (QED) is 0.500. The smallest absolute Gasteiger partial charge is 0.268 e. The van der Waals surface area contributed by atoms with Crippen LogP contribution in [0.15, 0.2) is 95.2 Å². The van der Waals surface area contributed by atoms with Crippen molar-refractivity contribution in [2.24, 2.45) is 0 Å². The summed E-state index contributed by atoms with van der Waals surface area (Å²) in [5.74, 6) is -0.817. The van der Waals surface area contributed by atoms with E-state index in [1.807, 2.05) is 13.8 Å². The monoisotopic (exact) mass is 496 g/mol. The number of aryl methyl sites for hydroxylation is 2. The van der Waals surface area contributed by atoms with E-state index in [9.17, 15) is 21.6 Å². The molecule has 0 fully saturated rings. The molecule has 0 spiro atoms. The first kappa shape index (κ1) is 23.7. The average Bonchev–Trinajstić information content (AvgIpc) is 2.94. The Kier molecular flexibility index (Phi) is 6.09. The summed E-state index contributed by atoms with van der Waals surface area (Å²) in [5.41, 5.74) is 1.84. The molecule has 0 unspecified atom stereocenters. The number of para-hydroxylation sites is 1. The first-order chi connectivity index (χ1) is 16.1. The number of benzene rings is 3. The lowest BCUT2D eigenvalue weighted by atomic mass is 10.1. The van der Waals surface area contributed by atoms with Crippen molar-refractivity contribution in [1.29, 1.82) is 0 Å². The second-order valence-corrected chi connectivity index (χ2v) is 11.8. The number of nitrogens with zero attached hydrogens (tertiary/aromatic N) is 2. The van der Waals surface area contributed by atoms with Crippen molar-refractivity contribution >= 4 is 31.6 Å². The maximum atomic E-state index is 13.7. The van der Waals surface area contributed by atoms with Crippen LogP contribution in [-0.4, -0.2) is 39.6 Å². The summed E-state index contributed by atoms with van der Waals surface area (Å²) in [6.45, 7) is 7.07. The predicted octanol–water partition coefficient (Wildman–Crippen LogP) is 3.90. The molecular formula is C25H24N2O5S2. The SMILES string of the molecule is C=C[C@H]1CN(S(=O)(=O)c2ccc(C)cc2)c2ccccc2C(=O)N1S(=O)(=O)c1ccc(C)cc1. The van der Waals surface area contributed by atoms with Gasteiger partial charge in [0.25, 0.3) is 26.0 Å². The topological polar surface area (TPSA) is 91.8 Å². The van der Waals surface area contributed by atoms with Crippen molar-refractivity contribution < 1.29 is 21.6 Å². The summed E-state index contributed by atoms with van der Waals surface area (Å²) in [6.07, 6.45) is 1.28. The molecule has 0 bridgehead atoms. The van der Waals surface area contributed by atoms with Gasteiger partial charge in [0.1, 0.15) is 0 Å². The molecule has 0 radical (unpaired) electrons. The Morgan fingerprint density at radius 3 is 1.82 bits per heavy atom. The van der Waals surface area contributed by atoms with Gasteiger partial charge in [-0.15, -0.1) is 6.58 Å². The number of amides is 1. The second kappa shape index (κ2) is 8.73. The minimum Gasteiger partial charge on any atom is -0.268 e. The Morgan fingerprint density at radius 1 is 0.794 bits per heavy atom. The molecule has 4 rings (SSSR count). The lowest BCUT2D eigenvalue weighted by molar-refractivity contribution is 0.0847. The highest BCUT2D eigenvalue weighted by Gasteiger charge is 2.42. The molecular weight excluding hydrogens is 472 g/mol. The number of sulfonamides is 2. The Hall–Kier alpha value is -3.43. The van der Waals surface area contributed by atoms with Gasteiger partial charge in [0.2, 0.25) is 0 Å². The van der Waals surface area contributed by atoms with E-state index in [1.165, 1.54) is 42.5 Å². The van der Waals surface area contributed by atoms with E-state index in [4.69, 9.17) is 0 Å². The Morgan fingerprint density at radius 2 is 1.29 bits per heavy atom. The first-order valence-electron chi connectivity index (χ1n) is 10.5. The Balaban J connectivity index is 1.90. The molecule has 1 amide bonds. The van der Waals surface area contributed by atoms with Gasteiger partial charge in [0, 0.05) is 0 Å². The third-order valence-corrected chi connectivity index (χ3v) is 9.33. The number of anilines is 1. The number of carbonyl (C=O) groups excluding carboxylic acids is 1. The number of rotatable bonds is 5. The molecule has 1 atom stereocenters. The molecule has 1 aliphatic rings. The average molecular weight is 497 g/mol. The lowest BCUT2D eigenvalue weighted by Gasteiger charge is -2.29. The van der Waals surface area contributed by atoms with Crippen molar-refractivity contribution in [3.05, 3.63) is 102 Å². The van der Waals surface area contributed by atoms with E-state index in [1.54, 1.807) is 36.4 Å². The largest absolute Gasteiger partial charge is 0.270 e. The lowest BCUT2D eigenvalue weighted by Crippen LogP contribution is -2.47. The van der Waals surface area contributed by atoms with Crippen molar-refractivity contribution in [2.75, 3.05) is 10.8 Å². The Bertz CT molecular complexity index is 1460. The fourth-order valence-corrected chi connectivity index (χ4v) is 6.86. The molecule has 176 valence electrons. The summed E-state index contributed by atoms with van der Waals surface area (Å²) in [7, 11) is -8.41. The molecule has 7 nitrogen and oxygen atoms in total. The number of carbonyl (C=O) groups is 1. The highest BCUT2D eigenvalue weighted by Crippen LogP contribution is 2.34. The van der Waals surface area contributed by atoms with E-state index in [2.05, 4.69) is 6.58 Å². The molecule has 34 heavy (non-hydrogen) atoms. The van der Waals surface area contributed by atoms with Crippen LogP contribution in [0.4, 0.5) is 5.69 Å². The molecule has 0 saturated heterocycles. The number of hydrogen-bond donors (Lipinski definition) is 0. The van der Waals surface area contributed by atoms with Gasteiger partial charge in [-0.1, -0.05) is 53.6 Å². The van der Waals surface area contributed by atoms with Crippen molar-refractivity contribution in [1.82, 2.24) is 4.31 Å². The van der Waals surface area contributed by atoms with Gasteiger partial charge in [0.15, 0.2) is 0 Å². The van der Waals surface area contributed by atoms with Crippen LogP contribution in [0.25, 0.3) is 0 Å². The number of hydrogen-bond acceptors (Lipinski definition) is 5. The van der Waals surface area contributed by atoms with Crippen LogP contribution in [0.1, 0.15) is 21.5 Å². The van der Waals surface area contributed by atoms with Gasteiger partial charge in [0.05, 0.1) is 33.6 Å². The summed E-state index contributed by atoms with van der Waals surface area (Å²) < 4.78 is 56.3. The maximum absolute atomic E-state index is 13.7. The van der Waals surface area contributed by atoms with Gasteiger partial charge in [-0.05, 0) is 50.2 Å². The summed E-state index contributed by atoms with van der Waals surface area (Å²) in [5, 5.41) is 0. The third-order valence-electron chi connectivity index (χ3n) is 5.72. The first-order valence-corrected chi connectivity index (χ1v) is 13.4. The van der Waals surface area contributed by atoms with Crippen LogP contribution in [0.2, 0.25) is 0 Å². The molecule has 1 aliphatic heterocycles. The number of fused-ring (bicyclic) bond motifs is 1. The third kappa shape index (κ3) is 4.01. The van der Waals surface area contributed by atoms with E-state index in [0.29, 0.717) is 0 Å². The van der Waals surface area contributed by atoms with Crippen LogP contribution < -0.4 is 4.31 Å². The van der Waals surface area contributed by atoms with Gasteiger partial charge in [-0.3, -0.25) is 9.10 Å². The molecule has 3 aromatic rings. The van der Waals surface area contributed by atoms with Gasteiger partial charge in [-0.2, -0.15) is 0 Å². The standard InChI is InChI=1S/C25H24N2O5S2/c1-4-20-17-26(33(29,30)21-13-9-18(2)10-14-21)24-8-6-5-7-23(24)25(28)27(20)34(31,32)22-15-11-19(3)12-16-22/h4-16,20H,1,17H2,2-3H3/t20-/m0/s1. The fourth-order valence-electron chi connectivity index (χ4n) is 3.83. The van der Waals surface area contributed by atoms with Crippen LogP contribution in [0.5, 0.6) is 0 Å². The summed E-state index contributed by atoms with van der Waals surface area (Å²) >= 11 is 0. The van der Waals surface area contributed by atoms with Gasteiger partial charge >= 0.3 is 0 Å². The minimum atomic E-state index is -4.30. The maximum Gasteiger partial charge on any atom is 0.270 e. The molecule has 0 aliphatic carbocycles. The zero-order valence-corrected chi connectivity index (χ0v) is 20.4. The van der Waals surface area contributed by atoms with E-state index < -0.39 is 32.0 Å². The van der Waals surface area contributed by atoms with Crippen molar-refractivity contribution in [3.8, 4) is 0 Å².